The monoisotopic (exact) mass is 594 g/mol. The van der Waals surface area contributed by atoms with Gasteiger partial charge in [-0.2, -0.15) is 9.82 Å². The van der Waals surface area contributed by atoms with Crippen LogP contribution < -0.4 is 20.2 Å². The van der Waals surface area contributed by atoms with Crippen molar-refractivity contribution in [2.45, 2.75) is 37.2 Å². The summed E-state index contributed by atoms with van der Waals surface area (Å²) in [5, 5.41) is 8.38. The average molecular weight is 596 g/mol. The highest BCUT2D eigenvalue weighted by Gasteiger charge is 2.33. The summed E-state index contributed by atoms with van der Waals surface area (Å²) >= 11 is 18.7. The van der Waals surface area contributed by atoms with Crippen molar-refractivity contribution in [2.75, 3.05) is 11.9 Å². The Morgan fingerprint density at radius 2 is 1.79 bits per heavy atom. The predicted octanol–water partition coefficient (Wildman–Crippen LogP) is 6.11. The van der Waals surface area contributed by atoms with Gasteiger partial charge >= 0.3 is 0 Å². The Morgan fingerprint density at radius 3 is 2.45 bits per heavy atom. The lowest BCUT2D eigenvalue weighted by molar-refractivity contribution is -0.114. The molecule has 8 nitrogen and oxygen atoms in total. The zero-order valence-electron chi connectivity index (χ0n) is 20.5. The zero-order chi connectivity index (χ0) is 27.4. The minimum atomic E-state index is -4.21. The minimum absolute atomic E-state index is 0.138. The molecule has 0 saturated carbocycles. The lowest BCUT2D eigenvalue weighted by Gasteiger charge is -2.22. The van der Waals surface area contributed by atoms with Crippen LogP contribution in [0.3, 0.4) is 0 Å². The van der Waals surface area contributed by atoms with Crippen LogP contribution in [0.25, 0.3) is 0 Å². The molecule has 2 unspecified atom stereocenters. The van der Waals surface area contributed by atoms with Crippen molar-refractivity contribution in [2.24, 2.45) is 5.10 Å². The maximum Gasteiger partial charge on any atom is 0.245 e. The van der Waals surface area contributed by atoms with Gasteiger partial charge in [0.2, 0.25) is 15.9 Å². The number of ether oxygens (including phenoxy) is 1. The standard InChI is InChI=1S/C26H25Cl3N4O4S/c1-3-37-24-11-9-19(30-15(2)34)13-25(24)38(35,36)33-26(20-10-8-18(28)12-21(20)29)23-14-22(31-32-23)16-4-6-17(27)7-5-16/h4-13,22,26,31,33H,3,14H2,1-2H3,(H,30,34). The lowest BCUT2D eigenvalue weighted by atomic mass is 9.96. The normalized spacial score (nSPS) is 15.9. The molecule has 0 saturated heterocycles. The van der Waals surface area contributed by atoms with Crippen molar-refractivity contribution in [1.82, 2.24) is 10.1 Å². The molecule has 3 aromatic rings. The first-order chi connectivity index (χ1) is 18.1. The van der Waals surface area contributed by atoms with Gasteiger partial charge in [-0.3, -0.25) is 4.79 Å². The summed E-state index contributed by atoms with van der Waals surface area (Å²) in [6, 6.07) is 15.5. The number of carbonyl (C=O) groups excluding carboxylic acids is 1. The number of hydrogen-bond donors (Lipinski definition) is 3. The average Bonchev–Trinajstić information content (AvgIpc) is 3.34. The number of halogens is 3. The van der Waals surface area contributed by atoms with Gasteiger partial charge in [0, 0.05) is 34.1 Å². The third-order valence-corrected chi connectivity index (χ3v) is 8.04. The van der Waals surface area contributed by atoms with Crippen LogP contribution in [0.2, 0.25) is 15.1 Å². The van der Waals surface area contributed by atoms with Gasteiger partial charge < -0.3 is 15.5 Å². The van der Waals surface area contributed by atoms with Gasteiger partial charge in [0.15, 0.2) is 0 Å². The molecule has 200 valence electrons. The summed E-state index contributed by atoms with van der Waals surface area (Å²) in [4.78, 5) is 11.5. The molecule has 3 N–H and O–H groups in total. The van der Waals surface area contributed by atoms with E-state index in [1.807, 2.05) is 12.1 Å². The van der Waals surface area contributed by atoms with Crippen LogP contribution in [-0.4, -0.2) is 26.6 Å². The molecule has 1 heterocycles. The van der Waals surface area contributed by atoms with Crippen LogP contribution >= 0.6 is 34.8 Å². The quantitative estimate of drug-likeness (QED) is 0.276. The van der Waals surface area contributed by atoms with Gasteiger partial charge in [-0.25, -0.2) is 8.42 Å². The van der Waals surface area contributed by atoms with Gasteiger partial charge in [-0.1, -0.05) is 53.0 Å². The number of nitrogens with zero attached hydrogens (tertiary/aromatic N) is 1. The van der Waals surface area contributed by atoms with Gasteiger partial charge in [0.25, 0.3) is 0 Å². The molecule has 0 spiro atoms. The second-order valence-electron chi connectivity index (χ2n) is 8.54. The van der Waals surface area contributed by atoms with E-state index in [1.54, 1.807) is 43.3 Å². The highest BCUT2D eigenvalue weighted by Crippen LogP contribution is 2.35. The second kappa shape index (κ2) is 11.9. The molecular formula is C26H25Cl3N4O4S. The van der Waals surface area contributed by atoms with Crippen molar-refractivity contribution in [3.05, 3.63) is 86.9 Å². The molecule has 4 rings (SSSR count). The number of benzene rings is 3. The molecular weight excluding hydrogens is 571 g/mol. The summed E-state index contributed by atoms with van der Waals surface area (Å²) in [5.41, 5.74) is 5.34. The van der Waals surface area contributed by atoms with Crippen molar-refractivity contribution in [3.8, 4) is 5.75 Å². The lowest BCUT2D eigenvalue weighted by Crippen LogP contribution is -2.34. The first kappa shape index (κ1) is 28.2. The van der Waals surface area contributed by atoms with Crippen LogP contribution in [-0.2, 0) is 14.8 Å². The Bertz CT molecular complexity index is 1480. The maximum absolute atomic E-state index is 13.8. The molecule has 0 radical (unpaired) electrons. The number of amides is 1. The molecule has 0 fully saturated rings. The third-order valence-electron chi connectivity index (χ3n) is 5.78. The van der Waals surface area contributed by atoms with E-state index in [2.05, 4.69) is 20.6 Å². The molecule has 12 heteroatoms. The Labute approximate surface area is 236 Å². The van der Waals surface area contributed by atoms with Crippen molar-refractivity contribution in [3.63, 3.8) is 0 Å². The van der Waals surface area contributed by atoms with Gasteiger partial charge in [-0.05, 0) is 60.5 Å². The predicted molar refractivity (Wildman–Crippen MR) is 151 cm³/mol. The summed E-state index contributed by atoms with van der Waals surface area (Å²) in [5.74, 6) is -0.198. The molecule has 1 aliphatic rings. The molecule has 0 aliphatic carbocycles. The number of anilines is 1. The minimum Gasteiger partial charge on any atom is -0.492 e. The summed E-state index contributed by atoms with van der Waals surface area (Å²) in [7, 11) is -4.21. The van der Waals surface area contributed by atoms with E-state index in [0.29, 0.717) is 33.4 Å². The molecule has 1 aliphatic heterocycles. The van der Waals surface area contributed by atoms with E-state index in [0.717, 1.165) is 5.56 Å². The van der Waals surface area contributed by atoms with E-state index in [9.17, 15) is 13.2 Å². The van der Waals surface area contributed by atoms with E-state index < -0.39 is 16.1 Å². The largest absolute Gasteiger partial charge is 0.492 e. The van der Waals surface area contributed by atoms with E-state index >= 15 is 0 Å². The number of nitrogens with one attached hydrogen (secondary N) is 3. The van der Waals surface area contributed by atoms with Crippen LogP contribution in [0.4, 0.5) is 5.69 Å². The van der Waals surface area contributed by atoms with Crippen LogP contribution in [0.5, 0.6) is 5.75 Å². The summed E-state index contributed by atoms with van der Waals surface area (Å²) in [6.45, 7) is 3.33. The number of carbonyl (C=O) groups is 1. The summed E-state index contributed by atoms with van der Waals surface area (Å²) in [6.07, 6.45) is 0.401. The number of sulfonamides is 1. The van der Waals surface area contributed by atoms with E-state index in [-0.39, 0.29) is 34.2 Å². The highest BCUT2D eigenvalue weighted by atomic mass is 35.5. The Hall–Kier alpha value is -2.82. The Kier molecular flexibility index (Phi) is 8.85. The Morgan fingerprint density at radius 1 is 1.08 bits per heavy atom. The fraction of sp³-hybridized carbons (Fsp3) is 0.231. The SMILES string of the molecule is CCOc1ccc(NC(C)=O)cc1S(=O)(=O)NC(C1=NNC(c2ccc(Cl)cc2)C1)c1ccc(Cl)cc1Cl. The van der Waals surface area contributed by atoms with Gasteiger partial charge in [0.1, 0.15) is 10.6 Å². The fourth-order valence-electron chi connectivity index (χ4n) is 4.07. The van der Waals surface area contributed by atoms with E-state index in [1.165, 1.54) is 19.1 Å². The number of rotatable bonds is 9. The molecule has 1 amide bonds. The smallest absolute Gasteiger partial charge is 0.245 e. The molecule has 0 aromatic heterocycles. The topological polar surface area (TPSA) is 109 Å². The molecule has 0 bridgehead atoms. The first-order valence-corrected chi connectivity index (χ1v) is 14.3. The second-order valence-corrected chi connectivity index (χ2v) is 11.5. The van der Waals surface area contributed by atoms with E-state index in [4.69, 9.17) is 39.5 Å². The molecule has 2 atom stereocenters. The number of hydrazone groups is 1. The van der Waals surface area contributed by atoms with Crippen molar-refractivity contribution >= 4 is 62.1 Å². The highest BCUT2D eigenvalue weighted by molar-refractivity contribution is 7.89. The first-order valence-electron chi connectivity index (χ1n) is 11.7. The third kappa shape index (κ3) is 6.59. The zero-order valence-corrected chi connectivity index (χ0v) is 23.5. The maximum atomic E-state index is 13.8. The number of hydrogen-bond acceptors (Lipinski definition) is 6. The van der Waals surface area contributed by atoms with Crippen molar-refractivity contribution in [1.29, 1.82) is 0 Å². The Balaban J connectivity index is 1.72. The molecule has 38 heavy (non-hydrogen) atoms. The molecule has 3 aromatic carbocycles. The van der Waals surface area contributed by atoms with Gasteiger partial charge in [0.05, 0.1) is 24.4 Å². The fourth-order valence-corrected chi connectivity index (χ4v) is 6.09. The van der Waals surface area contributed by atoms with Crippen LogP contribution in [0.15, 0.2) is 70.7 Å². The summed E-state index contributed by atoms with van der Waals surface area (Å²) < 4.78 is 36.0. The van der Waals surface area contributed by atoms with Crippen molar-refractivity contribution < 1.29 is 17.9 Å². The van der Waals surface area contributed by atoms with Crippen LogP contribution in [0.1, 0.15) is 43.5 Å². The van der Waals surface area contributed by atoms with Crippen LogP contribution in [0, 0.1) is 0 Å². The van der Waals surface area contributed by atoms with Gasteiger partial charge in [-0.15, -0.1) is 0 Å².